The molecule has 0 saturated heterocycles. The fraction of sp³-hybridized carbons (Fsp3) is 0.833. The maximum absolute atomic E-state index is 11.4. The van der Waals surface area contributed by atoms with Crippen LogP contribution in [0.25, 0.3) is 0 Å². The highest BCUT2D eigenvalue weighted by Crippen LogP contribution is 2.50. The zero-order chi connectivity index (χ0) is 16.5. The highest BCUT2D eigenvalue weighted by atomic mass is 33.9. The van der Waals surface area contributed by atoms with Gasteiger partial charge in [-0.2, -0.15) is 0 Å². The molecule has 0 unspecified atom stereocenters. The third kappa shape index (κ3) is 17.4. The molecule has 4 nitrogen and oxygen atoms in total. The van der Waals surface area contributed by atoms with E-state index >= 15 is 0 Å². The molecule has 0 aliphatic rings. The fourth-order valence-electron chi connectivity index (χ4n) is 1.35. The lowest BCUT2D eigenvalue weighted by Gasteiger charge is -2.03. The largest absolute Gasteiger partial charge is 0.290 e. The third-order valence-corrected chi connectivity index (χ3v) is 12.0. The lowest BCUT2D eigenvalue weighted by molar-refractivity contribution is -0.120. The van der Waals surface area contributed by atoms with E-state index in [4.69, 9.17) is 0 Å². The van der Waals surface area contributed by atoms with Gasteiger partial charge in [0.1, 0.15) is 0 Å². The van der Waals surface area contributed by atoms with E-state index < -0.39 is 0 Å². The predicted octanol–water partition coefficient (Wildman–Crippen LogP) is 6.18. The number of unbranched alkanes of at least 4 members (excludes halogenated alkanes) is 4. The molecule has 10 heteroatoms. The molecule has 0 aromatic heterocycles. The Hall–Kier alpha value is 1.04. The first-order valence-corrected chi connectivity index (χ1v) is 14.8. The number of hydrogen-bond donors (Lipinski definition) is 2. The average molecular weight is 421 g/mol. The summed E-state index contributed by atoms with van der Waals surface area (Å²) in [6, 6.07) is 0. The van der Waals surface area contributed by atoms with E-state index in [-0.39, 0.29) is 11.8 Å². The van der Waals surface area contributed by atoms with Crippen LogP contribution in [-0.4, -0.2) is 11.8 Å². The van der Waals surface area contributed by atoms with E-state index in [9.17, 15) is 9.59 Å². The topological polar surface area (TPSA) is 58.2 Å². The molecule has 0 atom stereocenters. The van der Waals surface area contributed by atoms with E-state index in [0.717, 1.165) is 38.5 Å². The molecule has 0 rings (SSSR count). The SMILES string of the molecule is CCCCCC(=O)NSSSSSSNC(=O)CCCCC. The maximum Gasteiger partial charge on any atom is 0.230 e. The summed E-state index contributed by atoms with van der Waals surface area (Å²) in [5, 5.41) is 0. The molecule has 0 aliphatic heterocycles. The smallest absolute Gasteiger partial charge is 0.230 e. The monoisotopic (exact) mass is 420 g/mol. The van der Waals surface area contributed by atoms with Crippen LogP contribution in [-0.2, 0) is 9.59 Å². The first kappa shape index (κ1) is 23.0. The first-order chi connectivity index (χ1) is 10.7. The van der Waals surface area contributed by atoms with Gasteiger partial charge in [0.15, 0.2) is 0 Å². The third-order valence-electron chi connectivity index (χ3n) is 2.48. The van der Waals surface area contributed by atoms with Crippen LogP contribution < -0.4 is 9.44 Å². The molecular weight excluding hydrogens is 397 g/mol. The highest BCUT2D eigenvalue weighted by molar-refractivity contribution is 9.41. The average Bonchev–Trinajstić information content (AvgIpc) is 2.50. The summed E-state index contributed by atoms with van der Waals surface area (Å²) in [4.78, 5) is 22.8. The van der Waals surface area contributed by atoms with Crippen LogP contribution in [0.3, 0.4) is 0 Å². The fourth-order valence-corrected chi connectivity index (χ4v) is 10.9. The van der Waals surface area contributed by atoms with E-state index in [1.54, 1.807) is 19.7 Å². The van der Waals surface area contributed by atoms with Crippen LogP contribution in [0.5, 0.6) is 0 Å². The minimum Gasteiger partial charge on any atom is -0.290 e. The summed E-state index contributed by atoms with van der Waals surface area (Å²) in [6.07, 6.45) is 7.60. The van der Waals surface area contributed by atoms with Crippen molar-refractivity contribution in [1.82, 2.24) is 9.44 Å². The highest BCUT2D eigenvalue weighted by Gasteiger charge is 2.03. The number of nitrogens with one attached hydrogen (secondary N) is 2. The Bertz CT molecular complexity index is 269. The second-order valence-electron chi connectivity index (χ2n) is 4.40. The van der Waals surface area contributed by atoms with Crippen molar-refractivity contribution in [2.45, 2.75) is 65.2 Å². The van der Waals surface area contributed by atoms with Crippen molar-refractivity contribution >= 4 is 73.1 Å². The summed E-state index contributed by atoms with van der Waals surface area (Å²) in [7, 11) is 8.86. The van der Waals surface area contributed by atoms with Gasteiger partial charge in [-0.05, 0) is 12.8 Å². The summed E-state index contributed by atoms with van der Waals surface area (Å²) < 4.78 is 5.60. The van der Waals surface area contributed by atoms with Crippen molar-refractivity contribution in [1.29, 1.82) is 0 Å². The number of carbonyl (C=O) groups is 2. The normalized spacial score (nSPS) is 10.5. The van der Waals surface area contributed by atoms with Gasteiger partial charge in [0, 0.05) is 74.1 Å². The summed E-state index contributed by atoms with van der Waals surface area (Å²) in [5.74, 6) is 0.191. The van der Waals surface area contributed by atoms with Crippen molar-refractivity contribution in [2.24, 2.45) is 0 Å². The quantitative estimate of drug-likeness (QED) is 0.185. The van der Waals surface area contributed by atoms with Gasteiger partial charge in [0.2, 0.25) is 11.8 Å². The molecule has 0 aliphatic carbocycles. The van der Waals surface area contributed by atoms with Crippen LogP contribution in [0.4, 0.5) is 0 Å². The Morgan fingerprint density at radius 3 is 1.45 bits per heavy atom. The molecule has 22 heavy (non-hydrogen) atoms. The molecule has 0 fully saturated rings. The zero-order valence-electron chi connectivity index (χ0n) is 12.9. The van der Waals surface area contributed by atoms with E-state index in [1.165, 1.54) is 41.6 Å². The number of rotatable bonds is 15. The van der Waals surface area contributed by atoms with Crippen LogP contribution in [0.2, 0.25) is 0 Å². The van der Waals surface area contributed by atoms with Crippen molar-refractivity contribution in [3.8, 4) is 0 Å². The Balaban J connectivity index is 3.23. The molecule has 0 bridgehead atoms. The molecule has 2 amide bonds. The molecule has 0 spiro atoms. The van der Waals surface area contributed by atoms with Gasteiger partial charge in [0.05, 0.1) is 0 Å². The molecule has 0 aromatic rings. The van der Waals surface area contributed by atoms with Crippen LogP contribution >= 0.6 is 61.3 Å². The minimum absolute atomic E-state index is 0.0953. The lowest BCUT2D eigenvalue weighted by atomic mass is 10.2. The second-order valence-corrected chi connectivity index (χ2v) is 13.2. The van der Waals surface area contributed by atoms with Gasteiger partial charge in [-0.1, -0.05) is 39.5 Å². The lowest BCUT2D eigenvalue weighted by Crippen LogP contribution is -2.13. The molecule has 0 aromatic carbocycles. The molecule has 130 valence electrons. The second kappa shape index (κ2) is 18.4. The maximum atomic E-state index is 11.4. The van der Waals surface area contributed by atoms with Crippen LogP contribution in [0.1, 0.15) is 65.2 Å². The van der Waals surface area contributed by atoms with Crippen LogP contribution in [0.15, 0.2) is 0 Å². The zero-order valence-corrected chi connectivity index (χ0v) is 17.8. The summed E-state index contributed by atoms with van der Waals surface area (Å²) >= 11 is 0. The van der Waals surface area contributed by atoms with Gasteiger partial charge in [-0.3, -0.25) is 19.0 Å². The summed E-state index contributed by atoms with van der Waals surface area (Å²) in [6.45, 7) is 4.25. The Morgan fingerprint density at radius 1 is 0.682 bits per heavy atom. The predicted molar refractivity (Wildman–Crippen MR) is 110 cm³/mol. The van der Waals surface area contributed by atoms with Gasteiger partial charge in [-0.15, -0.1) is 0 Å². The Morgan fingerprint density at radius 2 is 1.09 bits per heavy atom. The molecule has 0 heterocycles. The number of hydrogen-bond acceptors (Lipinski definition) is 8. The van der Waals surface area contributed by atoms with E-state index in [2.05, 4.69) is 23.3 Å². The summed E-state index contributed by atoms with van der Waals surface area (Å²) in [5.41, 5.74) is 0. The first-order valence-electron chi connectivity index (χ1n) is 7.27. The van der Waals surface area contributed by atoms with Gasteiger partial charge >= 0.3 is 0 Å². The molecule has 0 saturated carbocycles. The van der Waals surface area contributed by atoms with E-state index in [0.29, 0.717) is 12.8 Å². The van der Waals surface area contributed by atoms with Crippen LogP contribution in [0, 0.1) is 0 Å². The molecule has 2 N–H and O–H groups in total. The molecule has 0 radical (unpaired) electrons. The van der Waals surface area contributed by atoms with Crippen molar-refractivity contribution < 1.29 is 9.59 Å². The van der Waals surface area contributed by atoms with Crippen molar-refractivity contribution in [3.63, 3.8) is 0 Å². The standard InChI is InChI=1S/C12H24N2O2S6/c1-3-5-7-9-11(15)13-17-19-21-22-20-18-14-12(16)10-8-6-4-2/h3-10H2,1-2H3,(H,13,15)(H,14,16). The van der Waals surface area contributed by atoms with E-state index in [1.807, 2.05) is 0 Å². The number of amides is 2. The molecular formula is C12H24N2O2S6. The van der Waals surface area contributed by atoms with Gasteiger partial charge < -0.3 is 0 Å². The number of carbonyl (C=O) groups excluding carboxylic acids is 2. The van der Waals surface area contributed by atoms with Crippen molar-refractivity contribution in [2.75, 3.05) is 0 Å². The van der Waals surface area contributed by atoms with Gasteiger partial charge in [0.25, 0.3) is 0 Å². The minimum atomic E-state index is 0.0953. The Labute approximate surface area is 156 Å². The van der Waals surface area contributed by atoms with Gasteiger partial charge in [-0.25, -0.2) is 0 Å². The van der Waals surface area contributed by atoms with Crippen molar-refractivity contribution in [3.05, 3.63) is 0 Å². The Kier molecular flexibility index (Phi) is 19.2.